The molecule has 2 aromatic carbocycles. The Kier molecular flexibility index (Phi) is 5.63. The number of aryl methyl sites for hydroxylation is 1. The first-order valence-corrected chi connectivity index (χ1v) is 10.9. The molecule has 180 valence electrons. The number of carbonyl (C=O) groups excluding carboxylic acids is 2. The summed E-state index contributed by atoms with van der Waals surface area (Å²) in [7, 11) is 1.53. The van der Waals surface area contributed by atoms with Crippen molar-refractivity contribution in [1.82, 2.24) is 15.1 Å². The van der Waals surface area contributed by atoms with Gasteiger partial charge in [0.15, 0.2) is 23.6 Å². The fraction of sp³-hybridized carbons (Fsp3) is 0.304. The van der Waals surface area contributed by atoms with Crippen LogP contribution in [0.15, 0.2) is 51.3 Å². The van der Waals surface area contributed by atoms with E-state index < -0.39 is 29.7 Å². The van der Waals surface area contributed by atoms with Crippen molar-refractivity contribution in [3.8, 4) is 22.9 Å². The maximum Gasteiger partial charge on any atom is 0.263 e. The number of nitrogens with zero attached hydrogens (tertiary/aromatic N) is 6. The summed E-state index contributed by atoms with van der Waals surface area (Å²) in [4.78, 5) is 31.3. The predicted octanol–water partition coefficient (Wildman–Crippen LogP) is 3.08. The van der Waals surface area contributed by atoms with Gasteiger partial charge in [0.2, 0.25) is 11.7 Å². The second kappa shape index (κ2) is 8.78. The number of imide groups is 1. The normalized spacial score (nSPS) is 19.0. The molecule has 12 heteroatoms. The average molecular weight is 480 g/mol. The first-order valence-electron chi connectivity index (χ1n) is 10.9. The Bertz CT molecular complexity index is 1340. The van der Waals surface area contributed by atoms with Crippen LogP contribution in [0.1, 0.15) is 18.4 Å². The van der Waals surface area contributed by atoms with E-state index in [4.69, 9.17) is 14.0 Å². The number of benzene rings is 2. The van der Waals surface area contributed by atoms with Crippen molar-refractivity contribution in [2.45, 2.75) is 32.5 Å². The Labute approximate surface area is 199 Å². The molecule has 3 aromatic rings. The molecule has 1 aromatic heterocycles. The molecule has 2 amide bonds. The number of fused-ring (bicyclic) bond motifs is 1. The molecule has 0 aliphatic carbocycles. The monoisotopic (exact) mass is 480 g/mol. The van der Waals surface area contributed by atoms with E-state index in [1.165, 1.54) is 24.3 Å². The van der Waals surface area contributed by atoms with Crippen molar-refractivity contribution in [3.05, 3.63) is 53.7 Å². The lowest BCUT2D eigenvalue weighted by atomic mass is 10.1. The molecule has 2 aliphatic rings. The third-order valence-electron chi connectivity index (χ3n) is 5.76. The number of ether oxygens (including phenoxy) is 2. The van der Waals surface area contributed by atoms with E-state index in [1.807, 2.05) is 6.92 Å². The SMILES string of the molecule is CCOc1ccc(-c2noc(CN3N=NC4C(=O)N(c5ccc(C)c(F)c5)C(=O)C43)n2)cc1OC. The van der Waals surface area contributed by atoms with E-state index in [0.717, 1.165) is 11.0 Å². The fourth-order valence-electron chi connectivity index (χ4n) is 3.99. The van der Waals surface area contributed by atoms with Crippen molar-refractivity contribution in [1.29, 1.82) is 0 Å². The zero-order valence-corrected chi connectivity index (χ0v) is 19.1. The van der Waals surface area contributed by atoms with Gasteiger partial charge in [-0.25, -0.2) is 9.29 Å². The van der Waals surface area contributed by atoms with Crippen LogP contribution in [-0.4, -0.2) is 52.8 Å². The summed E-state index contributed by atoms with van der Waals surface area (Å²) < 4.78 is 30.3. The average Bonchev–Trinajstić information content (AvgIpc) is 3.54. The molecule has 0 bridgehead atoms. The van der Waals surface area contributed by atoms with Crippen molar-refractivity contribution in [2.75, 3.05) is 18.6 Å². The smallest absolute Gasteiger partial charge is 0.263 e. The molecule has 5 rings (SSSR count). The van der Waals surface area contributed by atoms with Crippen LogP contribution < -0.4 is 14.4 Å². The second-order valence-corrected chi connectivity index (χ2v) is 7.95. The van der Waals surface area contributed by atoms with Crippen LogP contribution >= 0.6 is 0 Å². The van der Waals surface area contributed by atoms with E-state index in [0.29, 0.717) is 35.1 Å². The standard InChI is InChI=1S/C23H21FN6O5/c1-4-34-16-8-6-13(9-17(16)33-3)21-25-18(35-27-21)11-29-20-19(26-28-29)22(31)30(23(20)32)14-7-5-12(2)15(24)10-14/h5-10,19-20H,4,11H2,1-3H3. The van der Waals surface area contributed by atoms with Gasteiger partial charge in [0.05, 0.1) is 19.4 Å². The summed E-state index contributed by atoms with van der Waals surface area (Å²) in [6.07, 6.45) is 0. The lowest BCUT2D eigenvalue weighted by molar-refractivity contribution is -0.123. The number of amides is 2. The maximum absolute atomic E-state index is 14.0. The van der Waals surface area contributed by atoms with E-state index in [2.05, 4.69) is 20.5 Å². The summed E-state index contributed by atoms with van der Waals surface area (Å²) in [5, 5.41) is 13.3. The van der Waals surface area contributed by atoms with E-state index in [1.54, 1.807) is 25.1 Å². The first-order chi connectivity index (χ1) is 16.9. The minimum absolute atomic E-state index is 0.0407. The molecular weight excluding hydrogens is 459 g/mol. The van der Waals surface area contributed by atoms with Gasteiger partial charge in [-0.3, -0.25) is 14.6 Å². The van der Waals surface area contributed by atoms with Crippen LogP contribution in [0, 0.1) is 12.7 Å². The van der Waals surface area contributed by atoms with Gasteiger partial charge in [-0.05, 0) is 49.7 Å². The largest absolute Gasteiger partial charge is 0.493 e. The number of halogens is 1. The Balaban J connectivity index is 1.34. The summed E-state index contributed by atoms with van der Waals surface area (Å²) in [5.74, 6) is -0.0375. The first kappa shape index (κ1) is 22.4. The summed E-state index contributed by atoms with van der Waals surface area (Å²) in [5.41, 5.74) is 1.20. The van der Waals surface area contributed by atoms with Gasteiger partial charge < -0.3 is 14.0 Å². The van der Waals surface area contributed by atoms with Gasteiger partial charge in [-0.2, -0.15) is 10.1 Å². The molecule has 0 spiro atoms. The zero-order valence-electron chi connectivity index (χ0n) is 19.1. The maximum atomic E-state index is 14.0. The Morgan fingerprint density at radius 3 is 2.69 bits per heavy atom. The highest BCUT2D eigenvalue weighted by Crippen LogP contribution is 2.34. The van der Waals surface area contributed by atoms with Gasteiger partial charge in [0.25, 0.3) is 11.8 Å². The van der Waals surface area contributed by atoms with Gasteiger partial charge >= 0.3 is 0 Å². The van der Waals surface area contributed by atoms with Crippen LogP contribution in [-0.2, 0) is 16.1 Å². The lowest BCUT2D eigenvalue weighted by Gasteiger charge is -2.19. The number of anilines is 1. The van der Waals surface area contributed by atoms with Crippen LogP contribution in [0.3, 0.4) is 0 Å². The highest BCUT2D eigenvalue weighted by Gasteiger charge is 2.55. The minimum Gasteiger partial charge on any atom is -0.493 e. The molecule has 3 heterocycles. The van der Waals surface area contributed by atoms with Crippen molar-refractivity contribution in [2.24, 2.45) is 10.3 Å². The molecule has 0 N–H and O–H groups in total. The fourth-order valence-corrected chi connectivity index (χ4v) is 3.99. The highest BCUT2D eigenvalue weighted by molar-refractivity contribution is 6.25. The summed E-state index contributed by atoms with van der Waals surface area (Å²) >= 11 is 0. The molecule has 2 unspecified atom stereocenters. The number of carbonyl (C=O) groups is 2. The van der Waals surface area contributed by atoms with Crippen LogP contribution in [0.4, 0.5) is 10.1 Å². The van der Waals surface area contributed by atoms with Gasteiger partial charge in [-0.15, -0.1) is 0 Å². The third-order valence-corrected chi connectivity index (χ3v) is 5.76. The van der Waals surface area contributed by atoms with E-state index >= 15 is 0 Å². The molecule has 2 aliphatic heterocycles. The van der Waals surface area contributed by atoms with Gasteiger partial charge in [0, 0.05) is 5.56 Å². The Morgan fingerprint density at radius 2 is 1.94 bits per heavy atom. The van der Waals surface area contributed by atoms with E-state index in [-0.39, 0.29) is 18.1 Å². The molecule has 1 saturated heterocycles. The lowest BCUT2D eigenvalue weighted by Crippen LogP contribution is -2.39. The summed E-state index contributed by atoms with van der Waals surface area (Å²) in [6, 6.07) is 7.42. The van der Waals surface area contributed by atoms with Crippen LogP contribution in [0.2, 0.25) is 0 Å². The Morgan fingerprint density at radius 1 is 1.11 bits per heavy atom. The topological polar surface area (TPSA) is 123 Å². The zero-order chi connectivity index (χ0) is 24.7. The summed E-state index contributed by atoms with van der Waals surface area (Å²) in [6.45, 7) is 3.92. The second-order valence-electron chi connectivity index (χ2n) is 7.95. The van der Waals surface area contributed by atoms with Crippen LogP contribution in [0.5, 0.6) is 11.5 Å². The van der Waals surface area contributed by atoms with E-state index in [9.17, 15) is 14.0 Å². The van der Waals surface area contributed by atoms with Crippen molar-refractivity contribution < 1.29 is 28.0 Å². The molecule has 0 saturated carbocycles. The highest BCUT2D eigenvalue weighted by atomic mass is 19.1. The van der Waals surface area contributed by atoms with Crippen molar-refractivity contribution >= 4 is 17.5 Å². The van der Waals surface area contributed by atoms with Crippen LogP contribution in [0.25, 0.3) is 11.4 Å². The molecule has 1 fully saturated rings. The predicted molar refractivity (Wildman–Crippen MR) is 119 cm³/mol. The molecule has 0 radical (unpaired) electrons. The van der Waals surface area contributed by atoms with Gasteiger partial charge in [0.1, 0.15) is 12.4 Å². The van der Waals surface area contributed by atoms with Gasteiger partial charge in [-0.1, -0.05) is 16.4 Å². The molecule has 35 heavy (non-hydrogen) atoms. The number of aromatic nitrogens is 2. The molecule has 11 nitrogen and oxygen atoms in total. The third kappa shape index (κ3) is 3.86. The number of hydrogen-bond acceptors (Lipinski definition) is 10. The quantitative estimate of drug-likeness (QED) is 0.473. The minimum atomic E-state index is -1.02. The number of rotatable bonds is 7. The number of methoxy groups -OCH3 is 1. The Hall–Kier alpha value is -4.35. The molecule has 2 atom stereocenters. The molecular formula is C23H21FN6O5. The number of hydrogen-bond donors (Lipinski definition) is 0. The van der Waals surface area contributed by atoms with Crippen molar-refractivity contribution in [3.63, 3.8) is 0 Å².